The molecule has 1 aromatic carbocycles. The molecule has 0 spiro atoms. The molecule has 1 heterocycles. The fraction of sp³-hybridized carbons (Fsp3) is 0.231. The molecule has 2 aromatic rings. The number of hydrogen-bond donors (Lipinski definition) is 0. The van der Waals surface area contributed by atoms with Crippen LogP contribution in [-0.4, -0.2) is 16.1 Å². The third-order valence-corrected chi connectivity index (χ3v) is 3.25. The van der Waals surface area contributed by atoms with Crippen molar-refractivity contribution in [2.24, 2.45) is 0 Å². The first-order valence-electron chi connectivity index (χ1n) is 5.42. The van der Waals surface area contributed by atoms with Gasteiger partial charge in [0.05, 0.1) is 5.56 Å². The van der Waals surface area contributed by atoms with Gasteiger partial charge in [-0.1, -0.05) is 12.1 Å². The highest BCUT2D eigenvalue weighted by atomic mass is 127. The molecule has 0 N–H and O–H groups in total. The van der Waals surface area contributed by atoms with E-state index in [4.69, 9.17) is 0 Å². The van der Waals surface area contributed by atoms with E-state index in [-0.39, 0.29) is 6.04 Å². The summed E-state index contributed by atoms with van der Waals surface area (Å²) in [7, 11) is 0. The van der Waals surface area contributed by atoms with Gasteiger partial charge in [-0.15, -0.1) is 0 Å². The van der Waals surface area contributed by atoms with Crippen molar-refractivity contribution in [3.8, 4) is 11.3 Å². The number of halogens is 1. The lowest BCUT2D eigenvalue weighted by Gasteiger charge is -2.03. The molecule has 1 aromatic heterocycles. The van der Waals surface area contributed by atoms with E-state index >= 15 is 0 Å². The van der Waals surface area contributed by atoms with E-state index in [2.05, 4.69) is 27.7 Å². The number of aldehydes is 1. The second-order valence-corrected chi connectivity index (χ2v) is 5.38. The first kappa shape index (κ1) is 12.3. The van der Waals surface area contributed by atoms with Gasteiger partial charge in [-0.05, 0) is 48.6 Å². The molecule has 4 heteroatoms. The Bertz CT molecular complexity index is 529. The molecule has 0 aliphatic carbocycles. The molecule has 0 unspecified atom stereocenters. The molecule has 0 atom stereocenters. The summed E-state index contributed by atoms with van der Waals surface area (Å²) >= 11 is 2.25. The van der Waals surface area contributed by atoms with Gasteiger partial charge in [-0.3, -0.25) is 9.48 Å². The molecule has 0 bridgehead atoms. The smallest absolute Gasteiger partial charge is 0.153 e. The first-order chi connectivity index (χ1) is 8.11. The fourth-order valence-corrected chi connectivity index (χ4v) is 1.95. The van der Waals surface area contributed by atoms with E-state index in [1.807, 2.05) is 42.8 Å². The molecule has 3 nitrogen and oxygen atoms in total. The molecule has 0 fully saturated rings. The molecule has 0 radical (unpaired) electrons. The lowest BCUT2D eigenvalue weighted by Crippen LogP contribution is -2.00. The zero-order chi connectivity index (χ0) is 12.4. The Hall–Kier alpha value is -1.17. The molecule has 17 heavy (non-hydrogen) atoms. The number of aromatic nitrogens is 2. The van der Waals surface area contributed by atoms with Gasteiger partial charge >= 0.3 is 0 Å². The van der Waals surface area contributed by atoms with Gasteiger partial charge < -0.3 is 0 Å². The second-order valence-electron chi connectivity index (χ2n) is 4.13. The van der Waals surface area contributed by atoms with Gasteiger partial charge in [0.1, 0.15) is 5.69 Å². The van der Waals surface area contributed by atoms with Crippen LogP contribution < -0.4 is 0 Å². The Morgan fingerprint density at radius 3 is 2.47 bits per heavy atom. The Morgan fingerprint density at radius 2 is 1.94 bits per heavy atom. The predicted octanol–water partition coefficient (Wildman–Crippen LogP) is 3.55. The van der Waals surface area contributed by atoms with Crippen molar-refractivity contribution in [2.45, 2.75) is 19.9 Å². The number of carbonyl (C=O) groups excluding carboxylic acids is 1. The van der Waals surface area contributed by atoms with Crippen LogP contribution in [0.4, 0.5) is 0 Å². The summed E-state index contributed by atoms with van der Waals surface area (Å²) in [4.78, 5) is 11.0. The maximum Gasteiger partial charge on any atom is 0.153 e. The summed E-state index contributed by atoms with van der Waals surface area (Å²) in [5.41, 5.74) is 2.37. The summed E-state index contributed by atoms with van der Waals surface area (Å²) in [5, 5.41) is 4.46. The van der Waals surface area contributed by atoms with Gasteiger partial charge in [0.2, 0.25) is 0 Å². The SMILES string of the molecule is CC(C)n1cc(C=O)c(-c2ccc(I)cc2)n1. The quantitative estimate of drug-likeness (QED) is 0.633. The van der Waals surface area contributed by atoms with Gasteiger partial charge in [0.25, 0.3) is 0 Å². The van der Waals surface area contributed by atoms with Crippen LogP contribution in [0.1, 0.15) is 30.2 Å². The Balaban J connectivity index is 2.50. The summed E-state index contributed by atoms with van der Waals surface area (Å²) < 4.78 is 2.99. The maximum atomic E-state index is 11.0. The van der Waals surface area contributed by atoms with Crippen LogP contribution in [0.3, 0.4) is 0 Å². The number of hydrogen-bond acceptors (Lipinski definition) is 2. The topological polar surface area (TPSA) is 34.9 Å². The minimum atomic E-state index is 0.256. The number of nitrogens with zero attached hydrogens (tertiary/aromatic N) is 2. The fourth-order valence-electron chi connectivity index (χ4n) is 1.59. The molecule has 0 saturated carbocycles. The monoisotopic (exact) mass is 340 g/mol. The van der Waals surface area contributed by atoms with Gasteiger partial charge in [0, 0.05) is 21.4 Å². The van der Waals surface area contributed by atoms with Crippen molar-refractivity contribution < 1.29 is 4.79 Å². The minimum Gasteiger partial charge on any atom is -0.298 e. The molecular formula is C13H13IN2O. The highest BCUT2D eigenvalue weighted by Crippen LogP contribution is 2.23. The highest BCUT2D eigenvalue weighted by Gasteiger charge is 2.11. The summed E-state index contributed by atoms with van der Waals surface area (Å²) in [6.07, 6.45) is 2.66. The zero-order valence-electron chi connectivity index (χ0n) is 9.72. The Morgan fingerprint density at radius 1 is 1.29 bits per heavy atom. The number of rotatable bonds is 3. The maximum absolute atomic E-state index is 11.0. The van der Waals surface area contributed by atoms with Crippen LogP contribution in [0.5, 0.6) is 0 Å². The van der Waals surface area contributed by atoms with Crippen molar-refractivity contribution in [3.63, 3.8) is 0 Å². The van der Waals surface area contributed by atoms with Crippen LogP contribution in [0.25, 0.3) is 11.3 Å². The van der Waals surface area contributed by atoms with E-state index < -0.39 is 0 Å². The molecule has 0 aliphatic rings. The Kier molecular flexibility index (Phi) is 3.61. The van der Waals surface area contributed by atoms with E-state index in [0.29, 0.717) is 5.56 Å². The van der Waals surface area contributed by atoms with Crippen molar-refractivity contribution in [1.82, 2.24) is 9.78 Å². The third-order valence-electron chi connectivity index (χ3n) is 2.53. The molecule has 88 valence electrons. The Labute approximate surface area is 114 Å². The summed E-state index contributed by atoms with van der Waals surface area (Å²) in [6.45, 7) is 4.08. The van der Waals surface area contributed by atoms with Gasteiger partial charge in [-0.2, -0.15) is 5.10 Å². The van der Waals surface area contributed by atoms with Crippen LogP contribution in [0, 0.1) is 3.57 Å². The lowest BCUT2D eigenvalue weighted by molar-refractivity contribution is 0.112. The van der Waals surface area contributed by atoms with E-state index in [9.17, 15) is 4.79 Å². The normalized spacial score (nSPS) is 10.8. The number of carbonyl (C=O) groups is 1. The van der Waals surface area contributed by atoms with Crippen LogP contribution in [0.2, 0.25) is 0 Å². The third kappa shape index (κ3) is 2.57. The average molecular weight is 340 g/mol. The second kappa shape index (κ2) is 5.00. The first-order valence-corrected chi connectivity index (χ1v) is 6.50. The molecule has 0 saturated heterocycles. The standard InChI is InChI=1S/C13H13IN2O/c1-9(2)16-7-11(8-17)13(15-16)10-3-5-12(14)6-4-10/h3-9H,1-2H3. The van der Waals surface area contributed by atoms with Crippen molar-refractivity contribution in [3.05, 3.63) is 39.6 Å². The molecule has 0 aliphatic heterocycles. The molecule has 0 amide bonds. The summed E-state index contributed by atoms with van der Waals surface area (Å²) in [6, 6.07) is 8.26. The highest BCUT2D eigenvalue weighted by molar-refractivity contribution is 14.1. The largest absolute Gasteiger partial charge is 0.298 e. The summed E-state index contributed by atoms with van der Waals surface area (Å²) in [5.74, 6) is 0. The van der Waals surface area contributed by atoms with Crippen LogP contribution >= 0.6 is 22.6 Å². The van der Waals surface area contributed by atoms with Gasteiger partial charge in [0.15, 0.2) is 6.29 Å². The van der Waals surface area contributed by atoms with Gasteiger partial charge in [-0.25, -0.2) is 0 Å². The van der Waals surface area contributed by atoms with Crippen molar-refractivity contribution in [2.75, 3.05) is 0 Å². The average Bonchev–Trinajstić information content (AvgIpc) is 2.74. The van der Waals surface area contributed by atoms with Crippen LogP contribution in [0.15, 0.2) is 30.5 Å². The van der Waals surface area contributed by atoms with Crippen LogP contribution in [-0.2, 0) is 0 Å². The van der Waals surface area contributed by atoms with Crippen molar-refractivity contribution in [1.29, 1.82) is 0 Å². The van der Waals surface area contributed by atoms with Crippen molar-refractivity contribution >= 4 is 28.9 Å². The van der Waals surface area contributed by atoms with E-state index in [0.717, 1.165) is 17.5 Å². The minimum absolute atomic E-state index is 0.256. The lowest BCUT2D eigenvalue weighted by atomic mass is 10.1. The molecule has 2 rings (SSSR count). The predicted molar refractivity (Wildman–Crippen MR) is 76.2 cm³/mol. The molecular weight excluding hydrogens is 327 g/mol. The van der Waals surface area contributed by atoms with E-state index in [1.165, 1.54) is 3.57 Å². The van der Waals surface area contributed by atoms with E-state index in [1.54, 1.807) is 6.20 Å². The zero-order valence-corrected chi connectivity index (χ0v) is 11.9. The number of benzene rings is 1.